The highest BCUT2D eigenvalue weighted by Crippen LogP contribution is 2.23. The molecule has 3 aromatic rings. The topological polar surface area (TPSA) is 95.2 Å². The van der Waals surface area contributed by atoms with Gasteiger partial charge in [0.1, 0.15) is 5.82 Å². The number of benzene rings is 2. The number of nitrogens with zero attached hydrogens (tertiary/aromatic N) is 2. The molecule has 2 aromatic carbocycles. The highest BCUT2D eigenvalue weighted by Gasteiger charge is 2.35. The fourth-order valence-electron chi connectivity index (χ4n) is 3.52. The summed E-state index contributed by atoms with van der Waals surface area (Å²) in [4.78, 5) is 45.8. The SMILES string of the molecule is Cc1ccc2c(c1)C(=O)N(CCC(=O)NCCCc1nc3ccccc3[nH]1)C2=O. The van der Waals surface area contributed by atoms with Crippen LogP contribution in [0.15, 0.2) is 42.5 Å². The number of rotatable bonds is 7. The zero-order chi connectivity index (χ0) is 20.4. The van der Waals surface area contributed by atoms with Gasteiger partial charge in [-0.15, -0.1) is 0 Å². The molecule has 0 saturated heterocycles. The van der Waals surface area contributed by atoms with Crippen LogP contribution in [0.4, 0.5) is 0 Å². The molecule has 0 fully saturated rings. The Kier molecular flexibility index (Phi) is 5.12. The number of amides is 3. The molecule has 1 aromatic heterocycles. The summed E-state index contributed by atoms with van der Waals surface area (Å²) < 4.78 is 0. The van der Waals surface area contributed by atoms with Gasteiger partial charge in [0.05, 0.1) is 22.2 Å². The third-order valence-electron chi connectivity index (χ3n) is 5.04. The lowest BCUT2D eigenvalue weighted by molar-refractivity contribution is -0.121. The summed E-state index contributed by atoms with van der Waals surface area (Å²) in [5.74, 6) is 0.0539. The van der Waals surface area contributed by atoms with E-state index < -0.39 is 0 Å². The fraction of sp³-hybridized carbons (Fsp3) is 0.273. The zero-order valence-electron chi connectivity index (χ0n) is 16.2. The summed E-state index contributed by atoms with van der Waals surface area (Å²) in [5, 5.41) is 2.84. The summed E-state index contributed by atoms with van der Waals surface area (Å²) in [7, 11) is 0. The average molecular weight is 390 g/mol. The van der Waals surface area contributed by atoms with E-state index in [4.69, 9.17) is 0 Å². The number of carbonyl (C=O) groups excluding carboxylic acids is 3. The van der Waals surface area contributed by atoms with Crippen LogP contribution in [-0.2, 0) is 11.2 Å². The van der Waals surface area contributed by atoms with E-state index in [9.17, 15) is 14.4 Å². The Bertz CT molecular complexity index is 1070. The van der Waals surface area contributed by atoms with Crippen molar-refractivity contribution in [3.63, 3.8) is 0 Å². The van der Waals surface area contributed by atoms with E-state index in [-0.39, 0.29) is 30.7 Å². The number of nitrogens with one attached hydrogen (secondary N) is 2. The van der Waals surface area contributed by atoms with Gasteiger partial charge < -0.3 is 10.3 Å². The normalized spacial score (nSPS) is 13.2. The van der Waals surface area contributed by atoms with Crippen molar-refractivity contribution in [3.8, 4) is 0 Å². The molecule has 4 rings (SSSR count). The molecule has 7 heteroatoms. The number of H-pyrrole nitrogens is 1. The number of hydrogen-bond donors (Lipinski definition) is 2. The minimum Gasteiger partial charge on any atom is -0.356 e. The molecular formula is C22H22N4O3. The molecule has 2 heterocycles. The van der Waals surface area contributed by atoms with Gasteiger partial charge in [0.15, 0.2) is 0 Å². The molecule has 0 spiro atoms. The molecule has 1 aliphatic heterocycles. The van der Waals surface area contributed by atoms with E-state index in [0.717, 1.165) is 40.2 Å². The van der Waals surface area contributed by atoms with Gasteiger partial charge >= 0.3 is 0 Å². The van der Waals surface area contributed by atoms with Gasteiger partial charge in [0, 0.05) is 25.9 Å². The molecule has 0 unspecified atom stereocenters. The first kappa shape index (κ1) is 18.9. The van der Waals surface area contributed by atoms with Crippen molar-refractivity contribution in [3.05, 3.63) is 65.0 Å². The largest absolute Gasteiger partial charge is 0.356 e. The Hall–Kier alpha value is -3.48. The highest BCUT2D eigenvalue weighted by atomic mass is 16.2. The van der Waals surface area contributed by atoms with Crippen molar-refractivity contribution in [2.24, 2.45) is 0 Å². The van der Waals surface area contributed by atoms with E-state index in [2.05, 4.69) is 15.3 Å². The number of para-hydroxylation sites is 2. The molecule has 1 aliphatic rings. The zero-order valence-corrected chi connectivity index (χ0v) is 16.2. The van der Waals surface area contributed by atoms with Crippen molar-refractivity contribution in [2.45, 2.75) is 26.2 Å². The van der Waals surface area contributed by atoms with E-state index in [1.165, 1.54) is 0 Å². The number of imidazole rings is 1. The smallest absolute Gasteiger partial charge is 0.261 e. The Morgan fingerprint density at radius 3 is 2.72 bits per heavy atom. The predicted octanol–water partition coefficient (Wildman–Crippen LogP) is 2.61. The average Bonchev–Trinajstić information content (AvgIpc) is 3.23. The molecule has 148 valence electrons. The summed E-state index contributed by atoms with van der Waals surface area (Å²) >= 11 is 0. The Balaban J connectivity index is 1.22. The van der Waals surface area contributed by atoms with Crippen LogP contribution in [0.5, 0.6) is 0 Å². The van der Waals surface area contributed by atoms with Gasteiger partial charge in [-0.25, -0.2) is 4.98 Å². The van der Waals surface area contributed by atoms with Gasteiger partial charge in [-0.3, -0.25) is 19.3 Å². The molecule has 0 radical (unpaired) electrons. The van der Waals surface area contributed by atoms with E-state index >= 15 is 0 Å². The van der Waals surface area contributed by atoms with Crippen LogP contribution in [-0.4, -0.2) is 45.7 Å². The molecule has 0 aliphatic carbocycles. The maximum atomic E-state index is 12.4. The van der Waals surface area contributed by atoms with Crippen molar-refractivity contribution >= 4 is 28.8 Å². The monoisotopic (exact) mass is 390 g/mol. The molecule has 0 bridgehead atoms. The van der Waals surface area contributed by atoms with E-state index in [1.54, 1.807) is 12.1 Å². The second-order valence-electron chi connectivity index (χ2n) is 7.22. The lowest BCUT2D eigenvalue weighted by Crippen LogP contribution is -2.34. The second kappa shape index (κ2) is 7.87. The summed E-state index contributed by atoms with van der Waals surface area (Å²) in [6.07, 6.45) is 1.57. The van der Waals surface area contributed by atoms with Crippen LogP contribution >= 0.6 is 0 Å². The molecule has 29 heavy (non-hydrogen) atoms. The van der Waals surface area contributed by atoms with Crippen molar-refractivity contribution < 1.29 is 14.4 Å². The van der Waals surface area contributed by atoms with Gasteiger partial charge in [-0.05, 0) is 37.6 Å². The summed E-state index contributed by atoms with van der Waals surface area (Å²) in [5.41, 5.74) is 3.69. The van der Waals surface area contributed by atoms with E-state index in [0.29, 0.717) is 17.7 Å². The minimum atomic E-state index is -0.331. The van der Waals surface area contributed by atoms with Crippen molar-refractivity contribution in [1.29, 1.82) is 0 Å². The molecule has 3 amide bonds. The van der Waals surface area contributed by atoms with Crippen LogP contribution in [0, 0.1) is 6.92 Å². The van der Waals surface area contributed by atoms with Gasteiger partial charge in [-0.1, -0.05) is 23.8 Å². The lowest BCUT2D eigenvalue weighted by Gasteiger charge is -2.13. The number of hydrogen-bond acceptors (Lipinski definition) is 4. The van der Waals surface area contributed by atoms with Gasteiger partial charge in [0.25, 0.3) is 11.8 Å². The van der Waals surface area contributed by atoms with Crippen LogP contribution in [0.2, 0.25) is 0 Å². The lowest BCUT2D eigenvalue weighted by atomic mass is 10.1. The van der Waals surface area contributed by atoms with Crippen LogP contribution in [0.3, 0.4) is 0 Å². The number of fused-ring (bicyclic) bond motifs is 2. The Morgan fingerprint density at radius 1 is 1.10 bits per heavy atom. The number of aromatic nitrogens is 2. The number of carbonyl (C=O) groups is 3. The first-order chi connectivity index (χ1) is 14.0. The van der Waals surface area contributed by atoms with Crippen LogP contribution < -0.4 is 5.32 Å². The number of imide groups is 1. The number of aromatic amines is 1. The van der Waals surface area contributed by atoms with Crippen molar-refractivity contribution in [2.75, 3.05) is 13.1 Å². The first-order valence-corrected chi connectivity index (χ1v) is 9.70. The third kappa shape index (κ3) is 3.89. The van der Waals surface area contributed by atoms with E-state index in [1.807, 2.05) is 37.3 Å². The maximum absolute atomic E-state index is 12.4. The number of aryl methyl sites for hydroxylation is 2. The summed E-state index contributed by atoms with van der Waals surface area (Å²) in [6, 6.07) is 13.0. The maximum Gasteiger partial charge on any atom is 0.261 e. The molecular weight excluding hydrogens is 368 g/mol. The Morgan fingerprint density at radius 2 is 1.90 bits per heavy atom. The van der Waals surface area contributed by atoms with Gasteiger partial charge in [-0.2, -0.15) is 0 Å². The molecule has 0 atom stereocenters. The predicted molar refractivity (Wildman–Crippen MR) is 109 cm³/mol. The third-order valence-corrected chi connectivity index (χ3v) is 5.04. The standard InChI is InChI=1S/C22H22N4O3/c1-14-8-9-15-16(13-14)22(29)26(21(15)28)12-10-20(27)23-11-4-7-19-24-17-5-2-3-6-18(17)25-19/h2-3,5-6,8-9,13H,4,7,10-12H2,1H3,(H,23,27)(H,24,25). The van der Waals surface area contributed by atoms with Crippen molar-refractivity contribution in [1.82, 2.24) is 20.2 Å². The van der Waals surface area contributed by atoms with Gasteiger partial charge in [0.2, 0.25) is 5.91 Å². The Labute approximate surface area is 168 Å². The molecule has 0 saturated carbocycles. The highest BCUT2D eigenvalue weighted by molar-refractivity contribution is 6.21. The van der Waals surface area contributed by atoms with Crippen LogP contribution in [0.1, 0.15) is 44.9 Å². The second-order valence-corrected chi connectivity index (χ2v) is 7.22. The minimum absolute atomic E-state index is 0.0841. The fourth-order valence-corrected chi connectivity index (χ4v) is 3.52. The molecule has 7 nitrogen and oxygen atoms in total. The van der Waals surface area contributed by atoms with Crippen LogP contribution in [0.25, 0.3) is 11.0 Å². The summed E-state index contributed by atoms with van der Waals surface area (Å²) in [6.45, 7) is 2.47. The molecule has 2 N–H and O–H groups in total. The quantitative estimate of drug-likeness (QED) is 0.479. The first-order valence-electron chi connectivity index (χ1n) is 9.70.